The molecule has 1 aliphatic heterocycles. The van der Waals surface area contributed by atoms with Gasteiger partial charge in [-0.05, 0) is 63.4 Å². The SMILES string of the molecule is CC1C=c2ccc3cc(-c4ccccc4-c4nc(-c5ccccc5)nc(-c5ccc6ccccc6c5)n4)ccc3c2=C2SC(C3(C)C=CC=CC3)=NC21. The van der Waals surface area contributed by atoms with Crippen LogP contribution in [0, 0.1) is 11.3 Å². The zero-order chi connectivity index (χ0) is 35.5. The summed E-state index contributed by atoms with van der Waals surface area (Å²) < 4.78 is 0. The van der Waals surface area contributed by atoms with Gasteiger partial charge in [0.15, 0.2) is 17.5 Å². The highest BCUT2D eigenvalue weighted by Crippen LogP contribution is 2.46. The fraction of sp³-hybridized carbons (Fsp3) is 0.125. The lowest BCUT2D eigenvalue weighted by molar-refractivity contribution is 0.600. The van der Waals surface area contributed by atoms with Crippen molar-refractivity contribution < 1.29 is 0 Å². The van der Waals surface area contributed by atoms with Gasteiger partial charge in [-0.2, -0.15) is 0 Å². The molecule has 254 valence electrons. The molecule has 0 saturated heterocycles. The Labute approximate surface area is 313 Å². The van der Waals surface area contributed by atoms with Crippen molar-refractivity contribution in [2.75, 3.05) is 0 Å². The molecular formula is C48H36N4S. The number of aliphatic imine (C=N–C) groups is 1. The number of rotatable bonds is 5. The van der Waals surface area contributed by atoms with Gasteiger partial charge in [-0.15, -0.1) is 0 Å². The molecule has 3 aliphatic rings. The molecule has 1 aromatic heterocycles. The Kier molecular flexibility index (Phi) is 7.59. The first-order valence-corrected chi connectivity index (χ1v) is 19.1. The summed E-state index contributed by atoms with van der Waals surface area (Å²) in [7, 11) is 0. The molecule has 53 heavy (non-hydrogen) atoms. The lowest BCUT2D eigenvalue weighted by atomic mass is 9.84. The molecule has 4 nitrogen and oxygen atoms in total. The highest BCUT2D eigenvalue weighted by Gasteiger charge is 2.38. The van der Waals surface area contributed by atoms with Crippen LogP contribution in [-0.4, -0.2) is 26.0 Å². The van der Waals surface area contributed by atoms with Gasteiger partial charge >= 0.3 is 0 Å². The number of hydrogen-bond acceptors (Lipinski definition) is 5. The maximum Gasteiger partial charge on any atom is 0.164 e. The van der Waals surface area contributed by atoms with Crippen LogP contribution in [0.25, 0.3) is 77.8 Å². The molecular weight excluding hydrogens is 665 g/mol. The Morgan fingerprint density at radius 2 is 1.32 bits per heavy atom. The molecule has 0 saturated carbocycles. The van der Waals surface area contributed by atoms with Crippen molar-refractivity contribution in [1.29, 1.82) is 0 Å². The van der Waals surface area contributed by atoms with Crippen molar-refractivity contribution >= 4 is 49.3 Å². The average molecular weight is 701 g/mol. The summed E-state index contributed by atoms with van der Waals surface area (Å²) in [5, 5.41) is 8.68. The number of benzene rings is 6. The fourth-order valence-corrected chi connectivity index (χ4v) is 9.46. The average Bonchev–Trinajstić information content (AvgIpc) is 3.68. The molecule has 2 heterocycles. The predicted molar refractivity (Wildman–Crippen MR) is 223 cm³/mol. The third-order valence-electron chi connectivity index (χ3n) is 10.9. The molecule has 0 radical (unpaired) electrons. The minimum atomic E-state index is -0.0608. The van der Waals surface area contributed by atoms with Gasteiger partial charge < -0.3 is 0 Å². The molecule has 2 aliphatic carbocycles. The zero-order valence-corrected chi connectivity index (χ0v) is 30.4. The first-order valence-electron chi connectivity index (χ1n) is 18.3. The minimum absolute atomic E-state index is 0.0608. The molecule has 0 N–H and O–H groups in total. The van der Waals surface area contributed by atoms with E-state index in [1.807, 2.05) is 30.0 Å². The molecule has 5 heteroatoms. The van der Waals surface area contributed by atoms with Crippen LogP contribution in [0.15, 0.2) is 157 Å². The lowest BCUT2D eigenvalue weighted by Crippen LogP contribution is -2.36. The molecule has 0 amide bonds. The van der Waals surface area contributed by atoms with E-state index in [9.17, 15) is 0 Å². The minimum Gasteiger partial charge on any atom is -0.272 e. The Balaban J connectivity index is 1.10. The van der Waals surface area contributed by atoms with Gasteiger partial charge in [0.1, 0.15) is 0 Å². The van der Waals surface area contributed by atoms with E-state index < -0.39 is 0 Å². The summed E-state index contributed by atoms with van der Waals surface area (Å²) in [5.41, 5.74) is 5.03. The molecule has 3 unspecified atom stereocenters. The molecule has 10 rings (SSSR count). The van der Waals surface area contributed by atoms with Gasteiger partial charge in [-0.3, -0.25) is 4.99 Å². The summed E-state index contributed by atoms with van der Waals surface area (Å²) in [6.07, 6.45) is 12.3. The number of allylic oxidation sites excluding steroid dienone is 4. The van der Waals surface area contributed by atoms with E-state index in [0.717, 1.165) is 39.6 Å². The summed E-state index contributed by atoms with van der Waals surface area (Å²) in [4.78, 5) is 22.0. The number of hydrogen-bond donors (Lipinski definition) is 0. The van der Waals surface area contributed by atoms with Gasteiger partial charge in [-0.25, -0.2) is 15.0 Å². The van der Waals surface area contributed by atoms with E-state index >= 15 is 0 Å². The van der Waals surface area contributed by atoms with Gasteiger partial charge in [0.2, 0.25) is 0 Å². The quantitative estimate of drug-likeness (QED) is 0.179. The van der Waals surface area contributed by atoms with E-state index in [-0.39, 0.29) is 11.5 Å². The number of nitrogens with zero attached hydrogens (tertiary/aromatic N) is 4. The Morgan fingerprint density at radius 3 is 2.15 bits per heavy atom. The smallest absolute Gasteiger partial charge is 0.164 e. The molecule has 0 fully saturated rings. The van der Waals surface area contributed by atoms with Crippen molar-refractivity contribution in [1.82, 2.24) is 15.0 Å². The van der Waals surface area contributed by atoms with E-state index in [1.165, 1.54) is 36.5 Å². The van der Waals surface area contributed by atoms with Crippen molar-refractivity contribution in [2.45, 2.75) is 26.3 Å². The molecule has 0 spiro atoms. The third-order valence-corrected chi connectivity index (χ3v) is 12.3. The van der Waals surface area contributed by atoms with Crippen molar-refractivity contribution in [3.05, 3.63) is 162 Å². The van der Waals surface area contributed by atoms with Gasteiger partial charge in [0.05, 0.1) is 11.1 Å². The maximum atomic E-state index is 5.38. The van der Waals surface area contributed by atoms with E-state index in [1.54, 1.807) is 0 Å². The van der Waals surface area contributed by atoms with E-state index in [4.69, 9.17) is 19.9 Å². The summed E-state index contributed by atoms with van der Waals surface area (Å²) in [6, 6.07) is 45.1. The first kappa shape index (κ1) is 31.8. The molecule has 3 atom stereocenters. The normalized spacial score (nSPS) is 20.3. The maximum absolute atomic E-state index is 5.38. The van der Waals surface area contributed by atoms with Crippen LogP contribution in [0.1, 0.15) is 20.3 Å². The Bertz CT molecular complexity index is 2840. The second kappa shape index (κ2) is 12.6. The van der Waals surface area contributed by atoms with E-state index in [2.05, 4.69) is 153 Å². The predicted octanol–water partition coefficient (Wildman–Crippen LogP) is 10.4. The Morgan fingerprint density at radius 1 is 0.623 bits per heavy atom. The lowest BCUT2D eigenvalue weighted by Gasteiger charge is -2.25. The van der Waals surface area contributed by atoms with Crippen LogP contribution in [0.3, 0.4) is 0 Å². The van der Waals surface area contributed by atoms with Crippen LogP contribution in [0.2, 0.25) is 0 Å². The van der Waals surface area contributed by atoms with Crippen LogP contribution < -0.4 is 10.4 Å². The summed E-state index contributed by atoms with van der Waals surface area (Å²) >= 11 is 1.90. The second-order valence-electron chi connectivity index (χ2n) is 14.5. The van der Waals surface area contributed by atoms with Gasteiger partial charge in [0, 0.05) is 38.1 Å². The fourth-order valence-electron chi connectivity index (χ4n) is 7.98. The summed E-state index contributed by atoms with van der Waals surface area (Å²) in [5.74, 6) is 2.30. The van der Waals surface area contributed by atoms with Gasteiger partial charge in [-0.1, -0.05) is 164 Å². The van der Waals surface area contributed by atoms with Crippen molar-refractivity contribution in [2.24, 2.45) is 16.3 Å². The second-order valence-corrected chi connectivity index (χ2v) is 15.6. The highest BCUT2D eigenvalue weighted by atomic mass is 32.2. The Hall–Kier alpha value is -5.91. The third kappa shape index (κ3) is 5.55. The van der Waals surface area contributed by atoms with Crippen LogP contribution in [0.4, 0.5) is 0 Å². The zero-order valence-electron chi connectivity index (χ0n) is 29.6. The van der Waals surface area contributed by atoms with Crippen LogP contribution in [0.5, 0.6) is 0 Å². The monoisotopic (exact) mass is 700 g/mol. The molecule has 7 aromatic rings. The van der Waals surface area contributed by atoms with Crippen LogP contribution >= 0.6 is 11.8 Å². The van der Waals surface area contributed by atoms with E-state index in [0.29, 0.717) is 23.4 Å². The van der Waals surface area contributed by atoms with Crippen molar-refractivity contribution in [3.8, 4) is 45.3 Å². The molecule has 6 aromatic carbocycles. The summed E-state index contributed by atoms with van der Waals surface area (Å²) in [6.45, 7) is 4.62. The number of aromatic nitrogens is 3. The van der Waals surface area contributed by atoms with Gasteiger partial charge in [0.25, 0.3) is 0 Å². The number of thioether (sulfide) groups is 1. The topological polar surface area (TPSA) is 51.0 Å². The standard InChI is InChI=1S/C48H36N4S/c1-30-27-36-21-20-35-29-34(23-24-39(35)41(36)43-42(30)49-47(53-43)48(2)25-11-4-12-26-48)38-17-9-10-18-40(38)46-51-44(32-14-5-3-6-15-32)50-45(52-46)37-22-19-31-13-7-8-16-33(31)28-37/h3-25,27-30,42H,26H2,1-2H3. The van der Waals surface area contributed by atoms with Crippen molar-refractivity contribution in [3.63, 3.8) is 0 Å². The highest BCUT2D eigenvalue weighted by molar-refractivity contribution is 8.22. The largest absolute Gasteiger partial charge is 0.272 e. The van der Waals surface area contributed by atoms with Crippen LogP contribution in [-0.2, 0) is 0 Å². The number of fused-ring (bicyclic) bond motifs is 5. The molecule has 0 bridgehead atoms. The first-order chi connectivity index (χ1) is 26.0.